The molecule has 9 N–H and O–H groups in total. The van der Waals surface area contributed by atoms with Gasteiger partial charge in [-0.3, -0.25) is 28.8 Å². The Morgan fingerprint density at radius 3 is 2.13 bits per heavy atom. The van der Waals surface area contributed by atoms with Crippen LogP contribution in [0.1, 0.15) is 63.1 Å². The lowest BCUT2D eigenvalue weighted by Crippen LogP contribution is -2.59. The van der Waals surface area contributed by atoms with Crippen molar-refractivity contribution in [2.24, 2.45) is 5.73 Å². The van der Waals surface area contributed by atoms with E-state index in [0.29, 0.717) is 23.1 Å². The summed E-state index contributed by atoms with van der Waals surface area (Å²) in [4.78, 5) is 96.5. The summed E-state index contributed by atoms with van der Waals surface area (Å²) in [5.74, 6) is -5.17. The van der Waals surface area contributed by atoms with Gasteiger partial charge in [0.05, 0.1) is 6.42 Å². The molecule has 1 aromatic heterocycles. The molecule has 0 aliphatic carbocycles. The van der Waals surface area contributed by atoms with Crippen molar-refractivity contribution in [1.29, 1.82) is 0 Å². The first-order chi connectivity index (χ1) is 29.4. The predicted octanol–water partition coefficient (Wildman–Crippen LogP) is 3.31. The van der Waals surface area contributed by atoms with E-state index in [9.17, 15) is 43.8 Å². The van der Waals surface area contributed by atoms with E-state index in [1.807, 2.05) is 24.3 Å². The monoisotopic (exact) mass is 853 g/mol. The molecule has 4 atom stereocenters. The molecule has 0 unspecified atom stereocenters. The number of primary amides is 1. The number of carbonyl (C=O) groups is 7. The van der Waals surface area contributed by atoms with Gasteiger partial charge >= 0.3 is 12.1 Å². The minimum atomic E-state index is -1.68. The van der Waals surface area contributed by atoms with Crippen LogP contribution in [0, 0.1) is 0 Å². The fraction of sp³-hybridized carbons (Fsp3) is 0.356. The number of carbonyl (C=O) groups excluding carboxylic acids is 6. The maximum atomic E-state index is 14.2. The van der Waals surface area contributed by atoms with Crippen molar-refractivity contribution in [3.05, 3.63) is 108 Å². The molecular formula is C45H55N7O10. The number of aromatic amines is 1. The summed E-state index contributed by atoms with van der Waals surface area (Å²) < 4.78 is 5.45. The van der Waals surface area contributed by atoms with Crippen LogP contribution >= 0.6 is 0 Å². The molecule has 0 bridgehead atoms. The minimum Gasteiger partial charge on any atom is -0.508 e. The molecule has 3 aromatic carbocycles. The molecule has 0 radical (unpaired) electrons. The summed E-state index contributed by atoms with van der Waals surface area (Å²) in [6, 6.07) is 16.9. The quantitative estimate of drug-likeness (QED) is 0.0448. The molecule has 0 saturated carbocycles. The van der Waals surface area contributed by atoms with E-state index in [4.69, 9.17) is 10.5 Å². The van der Waals surface area contributed by atoms with Gasteiger partial charge in [0.2, 0.25) is 29.5 Å². The molecule has 0 aliphatic rings. The van der Waals surface area contributed by atoms with Gasteiger partial charge in [0.25, 0.3) is 0 Å². The van der Waals surface area contributed by atoms with Crippen molar-refractivity contribution >= 4 is 58.6 Å². The maximum Gasteiger partial charge on any atom is 0.408 e. The number of carboxylic acids is 1. The number of hydrogen-bond donors (Lipinski definition) is 8. The molecule has 4 aromatic rings. The van der Waals surface area contributed by atoms with Gasteiger partial charge in [-0.1, -0.05) is 60.7 Å². The van der Waals surface area contributed by atoms with Crippen molar-refractivity contribution in [2.45, 2.75) is 89.1 Å². The number of phenolic OH excluding ortho intramolecular Hbond substituents is 1. The highest BCUT2D eigenvalue weighted by Gasteiger charge is 2.35. The molecular weight excluding hydrogens is 799 g/mol. The number of aromatic nitrogens is 1. The molecule has 1 heterocycles. The number of likely N-dealkylation sites (N-methyl/N-ethyl adjacent to an activating group) is 1. The van der Waals surface area contributed by atoms with Gasteiger partial charge in [-0.05, 0) is 81.0 Å². The molecule has 0 saturated heterocycles. The number of hydrogen-bond acceptors (Lipinski definition) is 9. The number of nitrogens with zero attached hydrogens (tertiary/aromatic N) is 1. The zero-order valence-corrected chi connectivity index (χ0v) is 35.2. The third-order valence-electron chi connectivity index (χ3n) is 9.69. The number of amides is 6. The van der Waals surface area contributed by atoms with Crippen LogP contribution in [0.3, 0.4) is 0 Å². The first-order valence-electron chi connectivity index (χ1n) is 20.1. The minimum absolute atomic E-state index is 0.0199. The second kappa shape index (κ2) is 22.4. The summed E-state index contributed by atoms with van der Waals surface area (Å²) in [6.07, 6.45) is 3.42. The Bertz CT molecular complexity index is 2220. The van der Waals surface area contributed by atoms with E-state index in [0.717, 1.165) is 15.8 Å². The largest absolute Gasteiger partial charge is 0.508 e. The van der Waals surface area contributed by atoms with E-state index < -0.39 is 77.8 Å². The molecule has 330 valence electrons. The predicted molar refractivity (Wildman–Crippen MR) is 231 cm³/mol. The van der Waals surface area contributed by atoms with Crippen LogP contribution < -0.4 is 27.0 Å². The summed E-state index contributed by atoms with van der Waals surface area (Å²) in [5, 5.41) is 30.6. The van der Waals surface area contributed by atoms with Crippen LogP contribution in [0.4, 0.5) is 4.79 Å². The van der Waals surface area contributed by atoms with Crippen molar-refractivity contribution in [1.82, 2.24) is 31.2 Å². The fourth-order valence-corrected chi connectivity index (χ4v) is 6.53. The molecule has 0 aliphatic heterocycles. The number of fused-ring (bicyclic) bond motifs is 1. The Labute approximate surface area is 359 Å². The number of ether oxygens (including phenoxy) is 1. The molecule has 0 spiro atoms. The van der Waals surface area contributed by atoms with Crippen LogP contribution in [0.5, 0.6) is 5.75 Å². The topological polar surface area (TPSA) is 262 Å². The summed E-state index contributed by atoms with van der Waals surface area (Å²) in [7, 11) is 1.28. The van der Waals surface area contributed by atoms with Crippen LogP contribution in [0.2, 0.25) is 0 Å². The first-order valence-corrected chi connectivity index (χ1v) is 20.1. The van der Waals surface area contributed by atoms with Gasteiger partial charge in [0.15, 0.2) is 0 Å². The highest BCUT2D eigenvalue weighted by molar-refractivity contribution is 5.97. The molecule has 6 amide bonds. The Morgan fingerprint density at radius 2 is 1.47 bits per heavy atom. The summed E-state index contributed by atoms with van der Waals surface area (Å²) >= 11 is 0. The van der Waals surface area contributed by atoms with Gasteiger partial charge in [-0.25, -0.2) is 4.79 Å². The number of carboxylic acid groups (broad SMARTS) is 1. The number of benzene rings is 3. The van der Waals surface area contributed by atoms with Gasteiger partial charge in [0.1, 0.15) is 35.5 Å². The molecule has 17 nitrogen and oxygen atoms in total. The van der Waals surface area contributed by atoms with Crippen LogP contribution in [-0.2, 0) is 46.3 Å². The smallest absolute Gasteiger partial charge is 0.408 e. The van der Waals surface area contributed by atoms with Crippen LogP contribution in [0.15, 0.2) is 91.1 Å². The summed E-state index contributed by atoms with van der Waals surface area (Å²) in [5.41, 5.74) is 7.64. The Morgan fingerprint density at radius 1 is 0.823 bits per heavy atom. The second-order valence-electron chi connectivity index (χ2n) is 15.8. The fourth-order valence-electron chi connectivity index (χ4n) is 6.53. The number of nitrogens with one attached hydrogen (secondary N) is 5. The average Bonchev–Trinajstić information content (AvgIpc) is 3.62. The third-order valence-corrected chi connectivity index (χ3v) is 9.69. The van der Waals surface area contributed by atoms with E-state index in [1.54, 1.807) is 75.5 Å². The Balaban J connectivity index is 1.55. The number of aliphatic carboxylic acids is 1. The molecule has 17 heteroatoms. The van der Waals surface area contributed by atoms with Crippen LogP contribution in [-0.4, -0.2) is 105 Å². The van der Waals surface area contributed by atoms with Gasteiger partial charge < -0.3 is 51.8 Å². The molecule has 62 heavy (non-hydrogen) atoms. The van der Waals surface area contributed by atoms with E-state index in [-0.39, 0.29) is 38.0 Å². The van der Waals surface area contributed by atoms with E-state index in [2.05, 4.69) is 26.3 Å². The van der Waals surface area contributed by atoms with Crippen molar-refractivity contribution in [3.8, 4) is 5.75 Å². The number of phenols is 1. The zero-order chi connectivity index (χ0) is 45.4. The lowest BCUT2D eigenvalue weighted by atomic mass is 10.0. The molecule has 0 fully saturated rings. The van der Waals surface area contributed by atoms with Gasteiger partial charge in [-0.2, -0.15) is 0 Å². The zero-order valence-electron chi connectivity index (χ0n) is 35.2. The maximum absolute atomic E-state index is 14.2. The van der Waals surface area contributed by atoms with Crippen molar-refractivity contribution < 1.29 is 48.5 Å². The highest BCUT2D eigenvalue weighted by atomic mass is 16.6. The van der Waals surface area contributed by atoms with Gasteiger partial charge in [-0.15, -0.1) is 0 Å². The van der Waals surface area contributed by atoms with E-state index >= 15 is 0 Å². The average molecular weight is 854 g/mol. The van der Waals surface area contributed by atoms with Crippen molar-refractivity contribution in [2.75, 3.05) is 13.6 Å². The number of unbranched alkanes of at least 4 members (excludes halogenated alkanes) is 1. The lowest BCUT2D eigenvalue weighted by Gasteiger charge is -2.30. The van der Waals surface area contributed by atoms with Gasteiger partial charge in [0, 0.05) is 49.6 Å². The number of para-hydroxylation sites is 1. The summed E-state index contributed by atoms with van der Waals surface area (Å²) in [6.45, 7) is 5.17. The third kappa shape index (κ3) is 15.1. The highest BCUT2D eigenvalue weighted by Crippen LogP contribution is 2.20. The number of H-pyrrole nitrogens is 1. The Kier molecular flexibility index (Phi) is 17.2. The van der Waals surface area contributed by atoms with Crippen LogP contribution in [0.25, 0.3) is 17.0 Å². The normalized spacial score (nSPS) is 13.3. The number of aromatic hydroxyl groups is 1. The van der Waals surface area contributed by atoms with Crippen molar-refractivity contribution in [3.63, 3.8) is 0 Å². The molecule has 4 rings (SSSR count). The first kappa shape index (κ1) is 47.5. The standard InChI is InChI=1S/C45H55N7O10/c1-45(2,3)62-44(61)51-35(25-30-27-48-33-15-9-8-14-32(30)33)42(59)49-34(16-10-11-23-47-38(54)22-19-28-17-20-31(53)21-18-28)41(58)50-36(26-39(55)56)43(60)52(4)37(40(46)57)24-29-12-6-5-7-13-29/h5-9,12-15,17-22,27,34-37,48,53H,10-11,16,23-26H2,1-4H3,(H2,46,57)(H,47,54)(H,49,59)(H,50,58)(H,51,61)(H,55,56)/b22-19+/t34-,35-,36-,37-/m0/s1. The number of nitrogens with two attached hydrogens (primary N) is 1. The second-order valence-corrected chi connectivity index (χ2v) is 15.8. The lowest BCUT2D eigenvalue weighted by molar-refractivity contribution is -0.146. The number of rotatable bonds is 21. The number of alkyl carbamates (subject to hydrolysis) is 1. The SMILES string of the molecule is CN(C(=O)[C@H](CC(=O)O)NC(=O)[C@H](CCCCNC(=O)/C=C/c1ccc(O)cc1)NC(=O)[C@H](Cc1c[nH]c2ccccc12)NC(=O)OC(C)(C)C)[C@@H](Cc1ccccc1)C(N)=O. The van der Waals surface area contributed by atoms with E-state index in [1.165, 1.54) is 25.3 Å². The Hall–Kier alpha value is -7.17.